The Morgan fingerprint density at radius 1 is 1.29 bits per heavy atom. The van der Waals surface area contributed by atoms with Crippen molar-refractivity contribution in [1.82, 2.24) is 15.5 Å². The van der Waals surface area contributed by atoms with Crippen LogP contribution in [0.4, 0.5) is 5.82 Å². The monoisotopic (exact) mass is 411 g/mol. The molecule has 2 rings (SSSR count). The van der Waals surface area contributed by atoms with Crippen LogP contribution in [0.25, 0.3) is 0 Å². The van der Waals surface area contributed by atoms with Crippen molar-refractivity contribution >= 4 is 54.0 Å². The van der Waals surface area contributed by atoms with Gasteiger partial charge in [-0.2, -0.15) is 5.10 Å². The van der Waals surface area contributed by atoms with Crippen LogP contribution >= 0.6 is 25.2 Å². The number of benzene rings is 1. The Morgan fingerprint density at radius 3 is 2.58 bits per heavy atom. The van der Waals surface area contributed by atoms with Crippen LogP contribution in [0.1, 0.15) is 27.8 Å². The molecule has 8 nitrogen and oxygen atoms in total. The van der Waals surface area contributed by atoms with E-state index in [9.17, 15) is 14.4 Å². The third-order valence-electron chi connectivity index (χ3n) is 3.15. The van der Waals surface area contributed by atoms with Crippen LogP contribution in [0, 0.1) is 0 Å². The Morgan fingerprint density at radius 2 is 1.96 bits per heavy atom. The summed E-state index contributed by atoms with van der Waals surface area (Å²) in [7, 11) is 2.47. The van der Waals surface area contributed by atoms with Gasteiger partial charge in [0, 0.05) is 5.56 Å². The van der Waals surface area contributed by atoms with Crippen molar-refractivity contribution in [3.8, 4) is 0 Å². The van der Waals surface area contributed by atoms with Crippen LogP contribution in [0.3, 0.4) is 0 Å². The lowest BCUT2D eigenvalue weighted by atomic mass is 10.2. The Labute approximate surface area is 148 Å². The van der Waals surface area contributed by atoms with E-state index in [4.69, 9.17) is 5.73 Å². The molecule has 1 aromatic carbocycles. The van der Waals surface area contributed by atoms with Gasteiger partial charge in [-0.05, 0) is 34.2 Å². The molecule has 10 heteroatoms. The minimum atomic E-state index is -0.838. The van der Waals surface area contributed by atoms with Gasteiger partial charge in [0.05, 0.1) is 4.47 Å². The first-order valence-electron chi connectivity index (χ1n) is 6.81. The van der Waals surface area contributed by atoms with E-state index in [1.165, 1.54) is 6.92 Å². The van der Waals surface area contributed by atoms with E-state index < -0.39 is 17.9 Å². The predicted octanol–water partition coefficient (Wildman–Crippen LogP) is 0.528. The van der Waals surface area contributed by atoms with Gasteiger partial charge in [0.15, 0.2) is 5.82 Å². The molecular weight excluding hydrogens is 397 g/mol. The standard InChI is InChI=1S/C14H15BrN5O3P/c1-6(11(16)21)17-14(23)10-9(15)12(20-19-10)18-13(22)7-4-2-3-5-8(7)24/h2-6H,24H2,1H3,(H2,16,21)(H,17,23)(H2,18,19,20,22)/t6-/m0/s1. The third kappa shape index (κ3) is 3.98. The first-order chi connectivity index (χ1) is 11.3. The zero-order valence-electron chi connectivity index (χ0n) is 12.6. The Hall–Kier alpha value is -2.25. The van der Waals surface area contributed by atoms with E-state index in [2.05, 4.69) is 46.0 Å². The zero-order valence-corrected chi connectivity index (χ0v) is 15.3. The van der Waals surface area contributed by atoms with Gasteiger partial charge in [-0.3, -0.25) is 19.5 Å². The van der Waals surface area contributed by atoms with Crippen molar-refractivity contribution in [2.75, 3.05) is 5.32 Å². The van der Waals surface area contributed by atoms with E-state index >= 15 is 0 Å². The maximum atomic E-state index is 12.3. The summed E-state index contributed by atoms with van der Waals surface area (Å²) in [6.07, 6.45) is 0. The molecule has 2 atom stereocenters. The van der Waals surface area contributed by atoms with E-state index in [0.717, 1.165) is 5.30 Å². The van der Waals surface area contributed by atoms with Crippen molar-refractivity contribution < 1.29 is 14.4 Å². The number of rotatable bonds is 5. The fourth-order valence-electron chi connectivity index (χ4n) is 1.78. The summed E-state index contributed by atoms with van der Waals surface area (Å²) >= 11 is 3.21. The lowest BCUT2D eigenvalue weighted by Gasteiger charge is -2.09. The van der Waals surface area contributed by atoms with E-state index in [-0.39, 0.29) is 21.9 Å². The SMILES string of the molecule is C[C@H](NC(=O)c1[nH]nc(NC(=O)c2ccccc2P)c1Br)C(N)=O. The number of anilines is 1. The molecule has 1 aromatic heterocycles. The van der Waals surface area contributed by atoms with Crippen LogP contribution in [0.5, 0.6) is 0 Å². The van der Waals surface area contributed by atoms with Gasteiger partial charge in [0.25, 0.3) is 11.8 Å². The highest BCUT2D eigenvalue weighted by Gasteiger charge is 2.22. The van der Waals surface area contributed by atoms with Gasteiger partial charge in [0.2, 0.25) is 5.91 Å². The molecule has 2 aromatic rings. The number of halogens is 1. The number of amides is 3. The number of nitrogens with two attached hydrogens (primary N) is 1. The molecule has 5 N–H and O–H groups in total. The van der Waals surface area contributed by atoms with Gasteiger partial charge < -0.3 is 16.4 Å². The second-order valence-corrected chi connectivity index (χ2v) is 6.32. The maximum Gasteiger partial charge on any atom is 0.271 e. The fourth-order valence-corrected chi connectivity index (χ4v) is 2.58. The summed E-state index contributed by atoms with van der Waals surface area (Å²) in [5.74, 6) is -1.45. The summed E-state index contributed by atoms with van der Waals surface area (Å²) in [5.41, 5.74) is 5.63. The minimum absolute atomic E-state index is 0.0672. The topological polar surface area (TPSA) is 130 Å². The van der Waals surface area contributed by atoms with Crippen molar-refractivity contribution in [1.29, 1.82) is 0 Å². The van der Waals surface area contributed by atoms with Crippen LogP contribution in [-0.4, -0.2) is 34.0 Å². The average Bonchev–Trinajstić information content (AvgIpc) is 2.88. The quantitative estimate of drug-likeness (QED) is 0.534. The molecule has 0 spiro atoms. The molecule has 0 radical (unpaired) electrons. The van der Waals surface area contributed by atoms with Crippen molar-refractivity contribution in [3.63, 3.8) is 0 Å². The van der Waals surface area contributed by atoms with Crippen molar-refractivity contribution in [2.24, 2.45) is 5.73 Å². The zero-order chi connectivity index (χ0) is 17.9. The summed E-state index contributed by atoms with van der Waals surface area (Å²) in [6, 6.07) is 6.16. The minimum Gasteiger partial charge on any atom is -0.368 e. The largest absolute Gasteiger partial charge is 0.368 e. The molecular formula is C14H15BrN5O3P. The summed E-state index contributed by atoms with van der Waals surface area (Å²) in [5, 5.41) is 12.2. The lowest BCUT2D eigenvalue weighted by molar-refractivity contribution is -0.119. The van der Waals surface area contributed by atoms with Crippen LogP contribution in [0.15, 0.2) is 28.7 Å². The molecule has 0 bridgehead atoms. The number of aromatic nitrogens is 2. The molecule has 0 saturated carbocycles. The highest BCUT2D eigenvalue weighted by atomic mass is 79.9. The number of primary amides is 1. The Balaban J connectivity index is 2.15. The molecule has 1 heterocycles. The molecule has 3 amide bonds. The van der Waals surface area contributed by atoms with E-state index in [1.807, 2.05) is 6.07 Å². The second-order valence-electron chi connectivity index (χ2n) is 4.90. The van der Waals surface area contributed by atoms with Gasteiger partial charge >= 0.3 is 0 Å². The smallest absolute Gasteiger partial charge is 0.271 e. The number of H-pyrrole nitrogens is 1. The molecule has 0 saturated heterocycles. The number of nitrogens with one attached hydrogen (secondary N) is 3. The number of carbonyl (C=O) groups excluding carboxylic acids is 3. The number of hydrogen-bond donors (Lipinski definition) is 4. The lowest BCUT2D eigenvalue weighted by Crippen LogP contribution is -2.42. The average molecular weight is 412 g/mol. The molecule has 24 heavy (non-hydrogen) atoms. The van der Waals surface area contributed by atoms with Crippen molar-refractivity contribution in [3.05, 3.63) is 40.0 Å². The molecule has 0 aliphatic rings. The Bertz CT molecular complexity index is 807. The van der Waals surface area contributed by atoms with Gasteiger partial charge in [-0.25, -0.2) is 0 Å². The summed E-state index contributed by atoms with van der Waals surface area (Å²) in [4.78, 5) is 35.3. The molecule has 1 unspecified atom stereocenters. The van der Waals surface area contributed by atoms with Crippen LogP contribution in [0.2, 0.25) is 0 Å². The van der Waals surface area contributed by atoms with E-state index in [1.54, 1.807) is 18.2 Å². The summed E-state index contributed by atoms with van der Waals surface area (Å²) in [6.45, 7) is 1.46. The van der Waals surface area contributed by atoms with Gasteiger partial charge in [0.1, 0.15) is 11.7 Å². The highest BCUT2D eigenvalue weighted by Crippen LogP contribution is 2.24. The molecule has 0 aliphatic heterocycles. The van der Waals surface area contributed by atoms with Gasteiger partial charge in [-0.1, -0.05) is 18.2 Å². The van der Waals surface area contributed by atoms with Crippen LogP contribution < -0.4 is 21.7 Å². The second kappa shape index (κ2) is 7.55. The van der Waals surface area contributed by atoms with Crippen molar-refractivity contribution in [2.45, 2.75) is 13.0 Å². The maximum absolute atomic E-state index is 12.3. The fraction of sp³-hybridized carbons (Fsp3) is 0.143. The first-order valence-corrected chi connectivity index (χ1v) is 8.18. The van der Waals surface area contributed by atoms with E-state index in [0.29, 0.717) is 5.56 Å². The van der Waals surface area contributed by atoms with Gasteiger partial charge in [-0.15, -0.1) is 9.24 Å². The van der Waals surface area contributed by atoms with Crippen LogP contribution in [-0.2, 0) is 4.79 Å². The molecule has 0 fully saturated rings. The first kappa shape index (κ1) is 18.1. The molecule has 126 valence electrons. The highest BCUT2D eigenvalue weighted by molar-refractivity contribution is 9.10. The number of aromatic amines is 1. The predicted molar refractivity (Wildman–Crippen MR) is 96.1 cm³/mol. The number of nitrogens with zero attached hydrogens (tertiary/aromatic N) is 1. The number of carbonyl (C=O) groups is 3. The third-order valence-corrected chi connectivity index (χ3v) is 4.42. The Kier molecular flexibility index (Phi) is 5.69. The number of hydrogen-bond acceptors (Lipinski definition) is 4. The molecule has 0 aliphatic carbocycles. The normalized spacial score (nSPS) is 11.6. The summed E-state index contributed by atoms with van der Waals surface area (Å²) < 4.78 is 0.270.